The van der Waals surface area contributed by atoms with Gasteiger partial charge < -0.3 is 24.4 Å². The van der Waals surface area contributed by atoms with Crippen LogP contribution in [0.4, 0.5) is 15.3 Å². The van der Waals surface area contributed by atoms with Gasteiger partial charge >= 0.3 is 24.1 Å². The summed E-state index contributed by atoms with van der Waals surface area (Å²) < 4.78 is 16.1. The zero-order valence-electron chi connectivity index (χ0n) is 27.3. The van der Waals surface area contributed by atoms with Gasteiger partial charge in [-0.25, -0.2) is 14.4 Å². The van der Waals surface area contributed by atoms with Gasteiger partial charge in [0, 0.05) is 31.7 Å². The first-order valence-electron chi connectivity index (χ1n) is 16.4. The summed E-state index contributed by atoms with van der Waals surface area (Å²) in [4.78, 5) is 56.1. The fourth-order valence-corrected chi connectivity index (χ4v) is 5.65. The topological polar surface area (TPSA) is 114 Å². The quantitative estimate of drug-likeness (QED) is 0.117. The van der Waals surface area contributed by atoms with Gasteiger partial charge in [-0.1, -0.05) is 78.9 Å². The number of fused-ring (bicyclic) bond motifs is 1. The molecule has 0 radical (unpaired) electrons. The summed E-state index contributed by atoms with van der Waals surface area (Å²) in [7, 11) is 0. The molecule has 3 aromatic carbocycles. The Morgan fingerprint density at radius 1 is 0.830 bits per heavy atom. The van der Waals surface area contributed by atoms with Crippen molar-refractivity contribution in [2.75, 3.05) is 37.7 Å². The van der Waals surface area contributed by atoms with Crippen molar-refractivity contribution in [1.29, 1.82) is 0 Å². The first-order valence-corrected chi connectivity index (χ1v) is 16.4. The summed E-state index contributed by atoms with van der Waals surface area (Å²) >= 11 is 0. The number of nitrogens with zero attached hydrogens (tertiary/aromatic N) is 2. The molecule has 0 aromatic heterocycles. The zero-order chi connectivity index (χ0) is 33.4. The van der Waals surface area contributed by atoms with Crippen molar-refractivity contribution in [1.82, 2.24) is 10.2 Å². The standard InChI is InChI=1S/C37H45N3O7/c1-3-45-34(41)31(22-21-28-15-7-5-8-16-28)26-39(24-14-13-23-38-36(43)47-27-29-17-9-6-10-18-29)37(44)40-32-20-12-11-19-30(32)25-33(40)35(42)46-4-2/h5-12,15-20,31,33H,3-4,13-14,21-27H2,1-2H3,(H,38,43). The van der Waals surface area contributed by atoms with Crippen molar-refractivity contribution < 1.29 is 33.4 Å². The summed E-state index contributed by atoms with van der Waals surface area (Å²) in [5.41, 5.74) is 3.51. The minimum Gasteiger partial charge on any atom is -0.466 e. The molecule has 47 heavy (non-hydrogen) atoms. The number of ether oxygens (including phenoxy) is 3. The number of rotatable bonds is 16. The lowest BCUT2D eigenvalue weighted by Crippen LogP contribution is -2.52. The third-order valence-corrected chi connectivity index (χ3v) is 8.03. The van der Waals surface area contributed by atoms with E-state index in [-0.39, 0.29) is 38.4 Å². The Bertz CT molecular complexity index is 1450. The number of benzene rings is 3. The number of hydrogen-bond donors (Lipinski definition) is 1. The van der Waals surface area contributed by atoms with Gasteiger partial charge in [-0.05, 0) is 62.3 Å². The van der Waals surface area contributed by atoms with Crippen molar-refractivity contribution in [3.8, 4) is 0 Å². The molecular formula is C37H45N3O7. The Morgan fingerprint density at radius 2 is 1.49 bits per heavy atom. The van der Waals surface area contributed by atoms with Crippen molar-refractivity contribution in [2.24, 2.45) is 5.92 Å². The van der Waals surface area contributed by atoms with E-state index in [1.54, 1.807) is 18.7 Å². The third-order valence-electron chi connectivity index (χ3n) is 8.03. The monoisotopic (exact) mass is 643 g/mol. The van der Waals surface area contributed by atoms with Crippen LogP contribution in [0.5, 0.6) is 0 Å². The molecule has 0 aliphatic carbocycles. The van der Waals surface area contributed by atoms with Gasteiger partial charge in [-0.2, -0.15) is 0 Å². The van der Waals surface area contributed by atoms with Gasteiger partial charge in [0.15, 0.2) is 0 Å². The van der Waals surface area contributed by atoms with Crippen LogP contribution in [0.2, 0.25) is 0 Å². The Balaban J connectivity index is 1.47. The number of amides is 3. The fraction of sp³-hybridized carbons (Fsp3) is 0.405. The minimum atomic E-state index is -0.811. The van der Waals surface area contributed by atoms with E-state index >= 15 is 0 Å². The summed E-state index contributed by atoms with van der Waals surface area (Å²) in [5, 5.41) is 2.76. The minimum absolute atomic E-state index is 0.116. The summed E-state index contributed by atoms with van der Waals surface area (Å²) in [6.07, 6.45) is 2.06. The number of para-hydroxylation sites is 1. The van der Waals surface area contributed by atoms with E-state index < -0.39 is 24.0 Å². The highest BCUT2D eigenvalue weighted by atomic mass is 16.5. The van der Waals surface area contributed by atoms with E-state index in [1.165, 1.54) is 4.90 Å². The highest BCUT2D eigenvalue weighted by molar-refractivity contribution is 6.01. The number of aryl methyl sites for hydroxylation is 1. The number of hydrogen-bond acceptors (Lipinski definition) is 7. The first kappa shape index (κ1) is 35.0. The van der Waals surface area contributed by atoms with Crippen LogP contribution in [0.3, 0.4) is 0 Å². The number of unbranched alkanes of at least 4 members (excludes halogenated alkanes) is 1. The molecule has 1 heterocycles. The van der Waals surface area contributed by atoms with Crippen LogP contribution in [0.1, 0.15) is 49.8 Å². The smallest absolute Gasteiger partial charge is 0.407 e. The van der Waals surface area contributed by atoms with E-state index in [0.717, 1.165) is 16.7 Å². The Labute approximate surface area is 277 Å². The second kappa shape index (κ2) is 18.3. The molecule has 2 atom stereocenters. The Hall–Kier alpha value is -4.86. The number of nitrogens with one attached hydrogen (secondary N) is 1. The second-order valence-electron chi connectivity index (χ2n) is 11.4. The second-order valence-corrected chi connectivity index (χ2v) is 11.4. The maximum absolute atomic E-state index is 14.4. The predicted molar refractivity (Wildman–Crippen MR) is 179 cm³/mol. The largest absolute Gasteiger partial charge is 0.466 e. The van der Waals surface area contributed by atoms with Crippen LogP contribution in [0, 0.1) is 5.92 Å². The number of carbonyl (C=O) groups is 4. The molecular weight excluding hydrogens is 598 g/mol. The van der Waals surface area contributed by atoms with E-state index in [4.69, 9.17) is 14.2 Å². The zero-order valence-corrected chi connectivity index (χ0v) is 27.3. The van der Waals surface area contributed by atoms with Crippen LogP contribution < -0.4 is 10.2 Å². The van der Waals surface area contributed by atoms with Crippen molar-refractivity contribution in [3.63, 3.8) is 0 Å². The van der Waals surface area contributed by atoms with Crippen LogP contribution in [-0.2, 0) is 43.2 Å². The molecule has 250 valence electrons. The van der Waals surface area contributed by atoms with Crippen LogP contribution in [0.25, 0.3) is 0 Å². The van der Waals surface area contributed by atoms with E-state index in [0.29, 0.717) is 50.9 Å². The molecule has 0 bridgehead atoms. The van der Waals surface area contributed by atoms with E-state index in [2.05, 4.69) is 5.32 Å². The van der Waals surface area contributed by atoms with Crippen LogP contribution in [0.15, 0.2) is 84.9 Å². The van der Waals surface area contributed by atoms with Gasteiger partial charge in [-0.3, -0.25) is 9.69 Å². The Kier molecular flexibility index (Phi) is 13.6. The number of carbonyl (C=O) groups excluding carboxylic acids is 4. The molecule has 2 unspecified atom stereocenters. The summed E-state index contributed by atoms with van der Waals surface area (Å²) in [6.45, 7) is 4.86. The van der Waals surface area contributed by atoms with Gasteiger partial charge in [0.2, 0.25) is 0 Å². The Morgan fingerprint density at radius 3 is 2.19 bits per heavy atom. The third kappa shape index (κ3) is 10.3. The number of esters is 2. The van der Waals surface area contributed by atoms with Crippen LogP contribution >= 0.6 is 0 Å². The molecule has 0 saturated carbocycles. The highest BCUT2D eigenvalue weighted by Gasteiger charge is 2.41. The van der Waals surface area contributed by atoms with Crippen molar-refractivity contribution >= 4 is 29.8 Å². The molecule has 4 rings (SSSR count). The normalized spacial score (nSPS) is 14.1. The average Bonchev–Trinajstić information content (AvgIpc) is 3.49. The molecule has 0 saturated heterocycles. The predicted octanol–water partition coefficient (Wildman–Crippen LogP) is 5.92. The van der Waals surface area contributed by atoms with E-state index in [1.807, 2.05) is 84.9 Å². The maximum Gasteiger partial charge on any atom is 0.407 e. The van der Waals surface area contributed by atoms with Crippen molar-refractivity contribution in [3.05, 3.63) is 102 Å². The molecule has 1 aliphatic heterocycles. The number of anilines is 1. The number of alkyl carbamates (subject to hydrolysis) is 1. The van der Waals surface area contributed by atoms with Gasteiger partial charge in [0.1, 0.15) is 12.6 Å². The number of urea groups is 1. The maximum atomic E-state index is 14.4. The molecule has 1 aliphatic rings. The lowest BCUT2D eigenvalue weighted by molar-refractivity contribution is -0.149. The lowest BCUT2D eigenvalue weighted by Gasteiger charge is -2.33. The summed E-state index contributed by atoms with van der Waals surface area (Å²) in [6, 6.07) is 25.6. The van der Waals surface area contributed by atoms with Crippen molar-refractivity contribution in [2.45, 2.75) is 58.6 Å². The SMILES string of the molecule is CCOC(=O)C(CCc1ccccc1)CN(CCCCNC(=O)OCc1ccccc1)C(=O)N1c2ccccc2CC1C(=O)OCC. The average molecular weight is 644 g/mol. The molecule has 3 amide bonds. The molecule has 10 heteroatoms. The first-order chi connectivity index (χ1) is 22.9. The molecule has 1 N–H and O–H groups in total. The molecule has 3 aromatic rings. The van der Waals surface area contributed by atoms with E-state index in [9.17, 15) is 19.2 Å². The fourth-order valence-electron chi connectivity index (χ4n) is 5.65. The van der Waals surface area contributed by atoms with Crippen LogP contribution in [-0.4, -0.2) is 67.9 Å². The molecule has 0 spiro atoms. The summed E-state index contributed by atoms with van der Waals surface area (Å²) in [5.74, 6) is -1.42. The lowest BCUT2D eigenvalue weighted by atomic mass is 9.98. The molecule has 10 nitrogen and oxygen atoms in total. The van der Waals surface area contributed by atoms with Gasteiger partial charge in [-0.15, -0.1) is 0 Å². The van der Waals surface area contributed by atoms with Gasteiger partial charge in [0.25, 0.3) is 0 Å². The van der Waals surface area contributed by atoms with Gasteiger partial charge in [0.05, 0.1) is 19.1 Å². The highest BCUT2D eigenvalue weighted by Crippen LogP contribution is 2.34. The molecule has 0 fully saturated rings.